The van der Waals surface area contributed by atoms with E-state index in [1.54, 1.807) is 0 Å². The quantitative estimate of drug-likeness (QED) is 0.472. The molecule has 3 aromatic rings. The molecule has 0 N–H and O–H groups in total. The van der Waals surface area contributed by atoms with Crippen LogP contribution in [0.4, 0.5) is 0 Å². The average Bonchev–Trinajstić information content (AvgIpc) is 2.53. The van der Waals surface area contributed by atoms with E-state index >= 15 is 0 Å². The highest BCUT2D eigenvalue weighted by molar-refractivity contribution is 5.77. The van der Waals surface area contributed by atoms with Crippen LogP contribution in [-0.4, -0.2) is 0 Å². The molecule has 0 saturated heterocycles. The third-order valence-electron chi connectivity index (χ3n) is 3.54. The molecule has 1 aromatic heterocycles. The van der Waals surface area contributed by atoms with Gasteiger partial charge in [-0.2, -0.15) is 4.57 Å². The van der Waals surface area contributed by atoms with Crippen molar-refractivity contribution in [3.63, 3.8) is 0 Å². The summed E-state index contributed by atoms with van der Waals surface area (Å²) in [6, 6.07) is 23.3. The van der Waals surface area contributed by atoms with E-state index in [0.29, 0.717) is 0 Å². The zero-order chi connectivity index (χ0) is 13.8. The maximum atomic E-state index is 2.34. The number of para-hydroxylation sites is 1. The van der Waals surface area contributed by atoms with Gasteiger partial charge < -0.3 is 24.0 Å². The number of benzene rings is 2. The highest BCUT2D eigenvalue weighted by Gasteiger charge is 2.10. The number of hydrogen-bond acceptors (Lipinski definition) is 0. The van der Waals surface area contributed by atoms with Crippen molar-refractivity contribution in [3.8, 4) is 0 Å². The van der Waals surface area contributed by atoms with Crippen LogP contribution in [0.2, 0.25) is 0 Å². The first-order chi connectivity index (χ1) is 9.88. The molecule has 0 aliphatic carbocycles. The molecule has 1 nitrogen and oxygen atoms in total. The van der Waals surface area contributed by atoms with Crippen molar-refractivity contribution in [3.05, 3.63) is 78.0 Å². The van der Waals surface area contributed by atoms with Gasteiger partial charge in [-0.15, -0.1) is 0 Å². The Hall–Kier alpha value is -1.68. The van der Waals surface area contributed by atoms with Crippen LogP contribution in [0.5, 0.6) is 0 Å². The smallest absolute Gasteiger partial charge is 0.212 e. The van der Waals surface area contributed by atoms with Crippen molar-refractivity contribution in [1.29, 1.82) is 0 Å². The molecule has 0 amide bonds. The molecule has 0 saturated carbocycles. The van der Waals surface area contributed by atoms with E-state index in [1.807, 2.05) is 6.07 Å². The number of aryl methyl sites for hydroxylation is 1. The SMILES string of the molecule is CC[n+]1c(/C=C/c2ccccc2)ccc2ccccc21.[I-]. The average molecular weight is 387 g/mol. The summed E-state index contributed by atoms with van der Waals surface area (Å²) in [4.78, 5) is 0. The fourth-order valence-electron chi connectivity index (χ4n) is 2.52. The van der Waals surface area contributed by atoms with Crippen LogP contribution in [0.3, 0.4) is 0 Å². The van der Waals surface area contributed by atoms with Crippen LogP contribution in [0.15, 0.2) is 66.7 Å². The molecule has 2 aromatic carbocycles. The molecule has 21 heavy (non-hydrogen) atoms. The summed E-state index contributed by atoms with van der Waals surface area (Å²) >= 11 is 0. The normalized spacial score (nSPS) is 10.7. The van der Waals surface area contributed by atoms with Crippen LogP contribution in [0.1, 0.15) is 18.2 Å². The van der Waals surface area contributed by atoms with E-state index in [9.17, 15) is 0 Å². The van der Waals surface area contributed by atoms with E-state index in [2.05, 4.69) is 84.3 Å². The van der Waals surface area contributed by atoms with E-state index in [-0.39, 0.29) is 24.0 Å². The van der Waals surface area contributed by atoms with Gasteiger partial charge in [0.15, 0.2) is 0 Å². The number of fused-ring (bicyclic) bond motifs is 1. The molecule has 106 valence electrons. The minimum absolute atomic E-state index is 0. The molecular weight excluding hydrogens is 369 g/mol. The summed E-state index contributed by atoms with van der Waals surface area (Å²) in [5.74, 6) is 0. The van der Waals surface area contributed by atoms with Gasteiger partial charge in [0.25, 0.3) is 0 Å². The Kier molecular flexibility index (Phi) is 5.51. The van der Waals surface area contributed by atoms with Crippen molar-refractivity contribution in [1.82, 2.24) is 0 Å². The highest BCUT2D eigenvalue weighted by Crippen LogP contribution is 2.12. The van der Waals surface area contributed by atoms with E-state index in [4.69, 9.17) is 0 Å². The highest BCUT2D eigenvalue weighted by atomic mass is 127. The van der Waals surface area contributed by atoms with Crippen LogP contribution in [0, 0.1) is 0 Å². The second kappa shape index (κ2) is 7.36. The number of nitrogens with zero attached hydrogens (tertiary/aromatic N) is 1. The van der Waals surface area contributed by atoms with Crippen molar-refractivity contribution >= 4 is 23.1 Å². The lowest BCUT2D eigenvalue weighted by molar-refractivity contribution is -0.669. The first-order valence-corrected chi connectivity index (χ1v) is 7.03. The Morgan fingerprint density at radius 3 is 2.29 bits per heavy atom. The number of halogens is 1. The van der Waals surface area contributed by atoms with Gasteiger partial charge in [-0.1, -0.05) is 42.5 Å². The predicted octanol–water partition coefficient (Wildman–Crippen LogP) is 1.32. The van der Waals surface area contributed by atoms with Gasteiger partial charge in [-0.05, 0) is 30.7 Å². The lowest BCUT2D eigenvalue weighted by Gasteiger charge is -2.02. The van der Waals surface area contributed by atoms with Crippen LogP contribution in [0.25, 0.3) is 23.1 Å². The lowest BCUT2D eigenvalue weighted by Crippen LogP contribution is -3.00. The first-order valence-electron chi connectivity index (χ1n) is 7.03. The van der Waals surface area contributed by atoms with Crippen LogP contribution >= 0.6 is 0 Å². The maximum absolute atomic E-state index is 2.34. The second-order valence-electron chi connectivity index (χ2n) is 4.81. The summed E-state index contributed by atoms with van der Waals surface area (Å²) in [5.41, 5.74) is 3.74. The molecule has 0 radical (unpaired) electrons. The minimum Gasteiger partial charge on any atom is -1.00 e. The summed E-state index contributed by atoms with van der Waals surface area (Å²) in [5, 5.41) is 1.28. The zero-order valence-electron chi connectivity index (χ0n) is 12.0. The Morgan fingerprint density at radius 2 is 1.52 bits per heavy atom. The van der Waals surface area contributed by atoms with Gasteiger partial charge in [0.2, 0.25) is 11.2 Å². The van der Waals surface area contributed by atoms with E-state index in [0.717, 1.165) is 6.54 Å². The third kappa shape index (κ3) is 3.50. The van der Waals surface area contributed by atoms with Gasteiger partial charge in [0.05, 0.1) is 0 Å². The molecule has 1 heterocycles. The first kappa shape index (κ1) is 15.7. The molecule has 0 spiro atoms. The predicted molar refractivity (Wildman–Crippen MR) is 85.2 cm³/mol. The van der Waals surface area contributed by atoms with Gasteiger partial charge in [0, 0.05) is 23.6 Å². The van der Waals surface area contributed by atoms with Gasteiger partial charge in [-0.3, -0.25) is 0 Å². The van der Waals surface area contributed by atoms with Crippen molar-refractivity contribution in [2.75, 3.05) is 0 Å². The monoisotopic (exact) mass is 387 g/mol. The Bertz CT molecular complexity index is 748. The number of rotatable bonds is 3. The molecule has 3 rings (SSSR count). The van der Waals surface area contributed by atoms with Gasteiger partial charge in [0.1, 0.15) is 6.54 Å². The third-order valence-corrected chi connectivity index (χ3v) is 3.54. The Morgan fingerprint density at radius 1 is 0.810 bits per heavy atom. The maximum Gasteiger partial charge on any atom is 0.212 e. The number of hydrogen-bond donors (Lipinski definition) is 0. The second-order valence-corrected chi connectivity index (χ2v) is 4.81. The topological polar surface area (TPSA) is 3.88 Å². The number of aromatic nitrogens is 1. The summed E-state index contributed by atoms with van der Waals surface area (Å²) in [7, 11) is 0. The van der Waals surface area contributed by atoms with Crippen LogP contribution < -0.4 is 28.5 Å². The molecule has 0 aliphatic rings. The molecule has 0 unspecified atom stereocenters. The Labute approximate surface area is 143 Å². The molecule has 0 bridgehead atoms. The van der Waals surface area contributed by atoms with Crippen molar-refractivity contribution in [2.24, 2.45) is 0 Å². The fraction of sp³-hybridized carbons (Fsp3) is 0.105. The van der Waals surface area contributed by atoms with E-state index < -0.39 is 0 Å². The fourth-order valence-corrected chi connectivity index (χ4v) is 2.52. The molecule has 0 aliphatic heterocycles. The minimum atomic E-state index is 0. The largest absolute Gasteiger partial charge is 1.00 e. The molecular formula is C19H18IN. The van der Waals surface area contributed by atoms with Crippen LogP contribution in [-0.2, 0) is 6.54 Å². The zero-order valence-corrected chi connectivity index (χ0v) is 14.2. The van der Waals surface area contributed by atoms with Crippen molar-refractivity contribution in [2.45, 2.75) is 13.5 Å². The Balaban J connectivity index is 0.00000161. The lowest BCUT2D eigenvalue weighted by atomic mass is 10.1. The van der Waals surface area contributed by atoms with Crippen molar-refractivity contribution < 1.29 is 28.5 Å². The van der Waals surface area contributed by atoms with E-state index in [1.165, 1.54) is 22.2 Å². The van der Waals surface area contributed by atoms with Gasteiger partial charge >= 0.3 is 0 Å². The molecule has 0 fully saturated rings. The standard InChI is InChI=1S/C19H18N.HI/c1-2-20-18(14-12-16-8-4-3-5-9-16)15-13-17-10-6-7-11-19(17)20;/h3-15H,2H2,1H3;1H/q+1;/p-1/b14-12+;. The molecule has 0 atom stereocenters. The summed E-state index contributed by atoms with van der Waals surface area (Å²) < 4.78 is 2.34. The summed E-state index contributed by atoms with van der Waals surface area (Å²) in [6.07, 6.45) is 4.35. The number of pyridine rings is 1. The summed E-state index contributed by atoms with van der Waals surface area (Å²) in [6.45, 7) is 3.15. The molecule has 2 heteroatoms. The van der Waals surface area contributed by atoms with Gasteiger partial charge in [-0.25, -0.2) is 0 Å².